The highest BCUT2D eigenvalue weighted by molar-refractivity contribution is 5.65. The van der Waals surface area contributed by atoms with Gasteiger partial charge in [0.15, 0.2) is 0 Å². The van der Waals surface area contributed by atoms with Gasteiger partial charge in [0.05, 0.1) is 18.8 Å². The molecule has 0 bridgehead atoms. The van der Waals surface area contributed by atoms with Crippen LogP contribution in [0.2, 0.25) is 0 Å². The molecule has 0 aliphatic carbocycles. The van der Waals surface area contributed by atoms with E-state index in [4.69, 9.17) is 15.6 Å². The Morgan fingerprint density at radius 2 is 2.38 bits per heavy atom. The van der Waals surface area contributed by atoms with E-state index in [1.807, 2.05) is 0 Å². The molecule has 0 spiro atoms. The van der Waals surface area contributed by atoms with Gasteiger partial charge in [0, 0.05) is 19.0 Å². The highest BCUT2D eigenvalue weighted by Crippen LogP contribution is 2.32. The van der Waals surface area contributed by atoms with E-state index in [-0.39, 0.29) is 12.2 Å². The van der Waals surface area contributed by atoms with Crippen LogP contribution in [0.1, 0.15) is 6.42 Å². The number of carbonyl (C=O) groups is 1. The van der Waals surface area contributed by atoms with Crippen molar-refractivity contribution in [3.05, 3.63) is 0 Å². The van der Waals surface area contributed by atoms with E-state index < -0.39 is 6.09 Å². The van der Waals surface area contributed by atoms with E-state index in [1.165, 1.54) is 4.90 Å². The molecular weight excluding hydrogens is 172 g/mol. The summed E-state index contributed by atoms with van der Waals surface area (Å²) in [5.74, 6) is 0.365. The van der Waals surface area contributed by atoms with Crippen LogP contribution in [0.25, 0.3) is 0 Å². The highest BCUT2D eigenvalue weighted by Gasteiger charge is 2.42. The summed E-state index contributed by atoms with van der Waals surface area (Å²) in [4.78, 5) is 12.0. The number of nitrogens with two attached hydrogens (primary N) is 1. The predicted octanol–water partition coefficient (Wildman–Crippen LogP) is -0.288. The van der Waals surface area contributed by atoms with Crippen LogP contribution >= 0.6 is 0 Å². The smallest absolute Gasteiger partial charge is 0.407 e. The molecule has 1 unspecified atom stereocenters. The fraction of sp³-hybridized carbons (Fsp3) is 0.875. The number of hydrogen-bond acceptors (Lipinski definition) is 3. The molecule has 3 N–H and O–H groups in total. The molecule has 0 aromatic carbocycles. The molecule has 1 amide bonds. The maximum Gasteiger partial charge on any atom is 0.407 e. The Labute approximate surface area is 76.5 Å². The van der Waals surface area contributed by atoms with Crippen LogP contribution in [0.3, 0.4) is 0 Å². The van der Waals surface area contributed by atoms with Gasteiger partial charge in [-0.05, 0) is 6.42 Å². The third kappa shape index (κ3) is 1.49. The first-order valence-electron chi connectivity index (χ1n) is 4.54. The molecule has 2 aliphatic rings. The normalized spacial score (nSPS) is 37.9. The summed E-state index contributed by atoms with van der Waals surface area (Å²) in [6.07, 6.45) is 0.295. The maximum atomic E-state index is 10.6. The molecule has 13 heavy (non-hydrogen) atoms. The fourth-order valence-corrected chi connectivity index (χ4v) is 2.17. The fourth-order valence-electron chi connectivity index (χ4n) is 2.17. The first kappa shape index (κ1) is 8.77. The molecule has 2 saturated heterocycles. The summed E-state index contributed by atoms with van der Waals surface area (Å²) in [5.41, 5.74) is 5.48. The Hall–Kier alpha value is -0.810. The minimum absolute atomic E-state index is 0.0876. The zero-order valence-electron chi connectivity index (χ0n) is 7.35. The van der Waals surface area contributed by atoms with Gasteiger partial charge in [0.1, 0.15) is 0 Å². The van der Waals surface area contributed by atoms with Crippen LogP contribution in [0.15, 0.2) is 0 Å². The quantitative estimate of drug-likeness (QED) is 0.590. The van der Waals surface area contributed by atoms with Crippen molar-refractivity contribution < 1.29 is 14.6 Å². The number of nitrogens with zero attached hydrogens (tertiary/aromatic N) is 1. The minimum atomic E-state index is -0.845. The molecule has 2 aliphatic heterocycles. The van der Waals surface area contributed by atoms with Crippen LogP contribution in [-0.2, 0) is 4.74 Å². The third-order valence-electron chi connectivity index (χ3n) is 2.85. The van der Waals surface area contributed by atoms with Gasteiger partial charge in [0.25, 0.3) is 0 Å². The summed E-state index contributed by atoms with van der Waals surface area (Å²) in [7, 11) is 0. The lowest BCUT2D eigenvalue weighted by atomic mass is 10.0. The summed E-state index contributed by atoms with van der Waals surface area (Å²) >= 11 is 0. The van der Waals surface area contributed by atoms with Gasteiger partial charge in [-0.1, -0.05) is 0 Å². The number of ether oxygens (including phenoxy) is 1. The second-order valence-corrected chi connectivity index (χ2v) is 3.72. The Morgan fingerprint density at radius 1 is 1.62 bits per heavy atom. The summed E-state index contributed by atoms with van der Waals surface area (Å²) in [6, 6.07) is 0. The lowest BCUT2D eigenvalue weighted by Crippen LogP contribution is -2.31. The first-order valence-corrected chi connectivity index (χ1v) is 4.54. The molecule has 0 aromatic rings. The van der Waals surface area contributed by atoms with E-state index in [9.17, 15) is 4.79 Å². The number of rotatable bonds is 1. The Kier molecular flexibility index (Phi) is 2.13. The van der Waals surface area contributed by atoms with E-state index >= 15 is 0 Å². The molecule has 0 aromatic heterocycles. The zero-order chi connectivity index (χ0) is 9.42. The van der Waals surface area contributed by atoms with Crippen molar-refractivity contribution in [3.8, 4) is 0 Å². The maximum absolute atomic E-state index is 10.6. The largest absolute Gasteiger partial charge is 0.465 e. The zero-order valence-corrected chi connectivity index (χ0v) is 7.35. The van der Waals surface area contributed by atoms with Crippen LogP contribution < -0.4 is 5.73 Å². The van der Waals surface area contributed by atoms with Crippen LogP contribution in [-0.4, -0.2) is 47.9 Å². The number of amides is 1. The minimum Gasteiger partial charge on any atom is -0.465 e. The Bertz CT molecular complexity index is 207. The lowest BCUT2D eigenvalue weighted by Gasteiger charge is -2.15. The second kappa shape index (κ2) is 3.16. The monoisotopic (exact) mass is 186 g/mol. The Balaban J connectivity index is 1.93. The Morgan fingerprint density at radius 3 is 2.92 bits per heavy atom. The van der Waals surface area contributed by atoms with Crippen LogP contribution in [0, 0.1) is 5.92 Å². The molecule has 0 saturated carbocycles. The van der Waals surface area contributed by atoms with Crippen molar-refractivity contribution in [2.45, 2.75) is 18.6 Å². The van der Waals surface area contributed by atoms with Gasteiger partial charge in [0.2, 0.25) is 0 Å². The SMILES string of the molecule is NCC1C[C@@H]2CN(C(=O)O)C[C@@H]2O1. The van der Waals surface area contributed by atoms with E-state index in [2.05, 4.69) is 0 Å². The van der Waals surface area contributed by atoms with Crippen molar-refractivity contribution >= 4 is 6.09 Å². The van der Waals surface area contributed by atoms with Gasteiger partial charge < -0.3 is 20.5 Å². The van der Waals surface area contributed by atoms with Crippen LogP contribution in [0.5, 0.6) is 0 Å². The van der Waals surface area contributed by atoms with E-state index in [1.54, 1.807) is 0 Å². The van der Waals surface area contributed by atoms with E-state index in [0.717, 1.165) is 6.42 Å². The van der Waals surface area contributed by atoms with E-state index in [0.29, 0.717) is 25.6 Å². The molecule has 2 fully saturated rings. The van der Waals surface area contributed by atoms with Crippen molar-refractivity contribution in [2.75, 3.05) is 19.6 Å². The summed E-state index contributed by atoms with van der Waals surface area (Å²) in [6.45, 7) is 1.66. The molecular formula is C8H14N2O3. The molecule has 3 atom stereocenters. The van der Waals surface area contributed by atoms with Crippen molar-refractivity contribution in [2.24, 2.45) is 11.7 Å². The van der Waals surface area contributed by atoms with Crippen molar-refractivity contribution in [1.29, 1.82) is 0 Å². The van der Waals surface area contributed by atoms with Gasteiger partial charge in [-0.3, -0.25) is 0 Å². The summed E-state index contributed by atoms with van der Waals surface area (Å²) in [5, 5.41) is 8.74. The van der Waals surface area contributed by atoms with Gasteiger partial charge in [-0.25, -0.2) is 4.79 Å². The third-order valence-corrected chi connectivity index (χ3v) is 2.85. The van der Waals surface area contributed by atoms with Crippen molar-refractivity contribution in [1.82, 2.24) is 4.90 Å². The number of likely N-dealkylation sites (tertiary alicyclic amines) is 1. The number of carboxylic acid groups (broad SMARTS) is 1. The highest BCUT2D eigenvalue weighted by atomic mass is 16.5. The standard InChI is InChI=1S/C8H14N2O3/c9-2-6-1-5-3-10(8(11)12)4-7(5)13-6/h5-7H,1-4,9H2,(H,11,12)/t5-,6?,7+/m1/s1. The molecule has 0 radical (unpaired) electrons. The van der Waals surface area contributed by atoms with Gasteiger partial charge in [-0.15, -0.1) is 0 Å². The average Bonchev–Trinajstić information content (AvgIpc) is 2.58. The molecule has 5 heteroatoms. The first-order chi connectivity index (χ1) is 6.20. The lowest BCUT2D eigenvalue weighted by molar-refractivity contribution is 0.0432. The second-order valence-electron chi connectivity index (χ2n) is 3.72. The number of hydrogen-bond donors (Lipinski definition) is 2. The predicted molar refractivity (Wildman–Crippen MR) is 45.4 cm³/mol. The molecule has 5 nitrogen and oxygen atoms in total. The average molecular weight is 186 g/mol. The van der Waals surface area contributed by atoms with Crippen molar-refractivity contribution in [3.63, 3.8) is 0 Å². The van der Waals surface area contributed by atoms with Gasteiger partial charge in [-0.2, -0.15) is 0 Å². The summed E-state index contributed by atoms with van der Waals surface area (Å²) < 4.78 is 5.58. The molecule has 2 heterocycles. The molecule has 74 valence electrons. The molecule has 2 rings (SSSR count). The van der Waals surface area contributed by atoms with Crippen LogP contribution in [0.4, 0.5) is 4.79 Å². The topological polar surface area (TPSA) is 75.8 Å². The number of fused-ring (bicyclic) bond motifs is 1. The van der Waals surface area contributed by atoms with Gasteiger partial charge >= 0.3 is 6.09 Å².